The van der Waals surface area contributed by atoms with Crippen LogP contribution in [0.2, 0.25) is 0 Å². The third-order valence-corrected chi connectivity index (χ3v) is 2.10. The summed E-state index contributed by atoms with van der Waals surface area (Å²) in [7, 11) is 1.23. The molecule has 0 bridgehead atoms. The highest BCUT2D eigenvalue weighted by molar-refractivity contribution is 5.98. The van der Waals surface area contributed by atoms with E-state index in [1.807, 2.05) is 0 Å². The highest BCUT2D eigenvalue weighted by atomic mass is 16.5. The highest BCUT2D eigenvalue weighted by Gasteiger charge is 2.10. The molecule has 1 rings (SSSR count). The van der Waals surface area contributed by atoms with E-state index in [1.54, 1.807) is 36.4 Å². The van der Waals surface area contributed by atoms with Crippen LogP contribution in [0.5, 0.6) is 5.75 Å². The minimum atomic E-state index is -0.670. The Labute approximate surface area is 106 Å². The fraction of sp³-hybridized carbons (Fsp3) is 0.143. The molecule has 0 radical (unpaired) electrons. The summed E-state index contributed by atoms with van der Waals surface area (Å²) >= 11 is 0. The molecule has 92 valence electrons. The van der Waals surface area contributed by atoms with Crippen molar-refractivity contribution in [3.8, 4) is 11.8 Å². The molecule has 0 spiro atoms. The normalized spacial score (nSPS) is 10.3. The molecule has 0 saturated carbocycles. The minimum absolute atomic E-state index is 0.0767. The van der Waals surface area contributed by atoms with Gasteiger partial charge in [0, 0.05) is 5.56 Å². The molecule has 1 aromatic rings. The van der Waals surface area contributed by atoms with Crippen molar-refractivity contribution >= 4 is 12.0 Å². The number of nitriles is 1. The molecule has 18 heavy (non-hydrogen) atoms. The van der Waals surface area contributed by atoms with E-state index in [2.05, 4.69) is 11.3 Å². The third-order valence-electron chi connectivity index (χ3n) is 2.10. The summed E-state index contributed by atoms with van der Waals surface area (Å²) in [4.78, 5) is 11.3. The van der Waals surface area contributed by atoms with Gasteiger partial charge >= 0.3 is 5.97 Å². The summed E-state index contributed by atoms with van der Waals surface area (Å²) < 4.78 is 9.93. The lowest BCUT2D eigenvalue weighted by atomic mass is 10.1. The van der Waals surface area contributed by atoms with Crippen LogP contribution >= 0.6 is 0 Å². The number of benzene rings is 1. The molecule has 4 nitrogen and oxygen atoms in total. The SMILES string of the molecule is C=CCOc1ccccc1C=C(C#N)C(=O)OC. The Kier molecular flexibility index (Phi) is 5.20. The van der Waals surface area contributed by atoms with Crippen LogP contribution in [0, 0.1) is 11.3 Å². The fourth-order valence-corrected chi connectivity index (χ4v) is 1.28. The second-order valence-corrected chi connectivity index (χ2v) is 3.30. The number of rotatable bonds is 5. The summed E-state index contributed by atoms with van der Waals surface area (Å²) in [6.07, 6.45) is 3.05. The number of nitrogens with zero attached hydrogens (tertiary/aromatic N) is 1. The molecular formula is C14H13NO3. The van der Waals surface area contributed by atoms with Crippen LogP contribution < -0.4 is 4.74 Å². The molecule has 0 aromatic heterocycles. The number of ether oxygens (including phenoxy) is 2. The van der Waals surface area contributed by atoms with Crippen LogP contribution in [0.4, 0.5) is 0 Å². The molecule has 0 unspecified atom stereocenters. The van der Waals surface area contributed by atoms with Gasteiger partial charge in [-0.15, -0.1) is 0 Å². The van der Waals surface area contributed by atoms with E-state index in [1.165, 1.54) is 13.2 Å². The first kappa shape index (κ1) is 13.5. The van der Waals surface area contributed by atoms with Gasteiger partial charge in [-0.3, -0.25) is 0 Å². The predicted molar refractivity (Wildman–Crippen MR) is 67.7 cm³/mol. The van der Waals surface area contributed by atoms with Crippen molar-refractivity contribution in [2.75, 3.05) is 13.7 Å². The maximum atomic E-state index is 11.3. The van der Waals surface area contributed by atoms with Gasteiger partial charge < -0.3 is 9.47 Å². The van der Waals surface area contributed by atoms with E-state index in [0.717, 1.165) is 0 Å². The van der Waals surface area contributed by atoms with Crippen molar-refractivity contribution in [2.45, 2.75) is 0 Å². The van der Waals surface area contributed by atoms with Crippen LogP contribution in [0.15, 0.2) is 42.5 Å². The summed E-state index contributed by atoms with van der Waals surface area (Å²) in [5, 5.41) is 8.88. The maximum absolute atomic E-state index is 11.3. The van der Waals surface area contributed by atoms with Crippen molar-refractivity contribution in [1.82, 2.24) is 0 Å². The second kappa shape index (κ2) is 6.92. The Morgan fingerprint density at radius 2 is 2.22 bits per heavy atom. The van der Waals surface area contributed by atoms with Gasteiger partial charge in [-0.1, -0.05) is 30.9 Å². The van der Waals surface area contributed by atoms with Gasteiger partial charge in [0.25, 0.3) is 0 Å². The van der Waals surface area contributed by atoms with E-state index in [9.17, 15) is 4.79 Å². The molecule has 0 aliphatic rings. The molecule has 0 atom stereocenters. The molecule has 0 heterocycles. The Morgan fingerprint density at radius 3 is 2.83 bits per heavy atom. The average molecular weight is 243 g/mol. The number of esters is 1. The summed E-state index contributed by atoms with van der Waals surface area (Å²) in [6.45, 7) is 3.91. The first-order valence-electron chi connectivity index (χ1n) is 5.25. The van der Waals surface area contributed by atoms with Crippen LogP contribution in [-0.4, -0.2) is 19.7 Å². The van der Waals surface area contributed by atoms with Crippen molar-refractivity contribution in [3.05, 3.63) is 48.1 Å². The molecule has 1 aromatic carbocycles. The lowest BCUT2D eigenvalue weighted by Crippen LogP contribution is -2.03. The first-order valence-corrected chi connectivity index (χ1v) is 5.25. The van der Waals surface area contributed by atoms with Crippen molar-refractivity contribution < 1.29 is 14.3 Å². The lowest BCUT2D eigenvalue weighted by molar-refractivity contribution is -0.135. The zero-order chi connectivity index (χ0) is 13.4. The standard InChI is InChI=1S/C14H13NO3/c1-3-8-18-13-7-5-4-6-11(13)9-12(10-15)14(16)17-2/h3-7,9H,1,8H2,2H3. The number of hydrogen-bond donors (Lipinski definition) is 0. The highest BCUT2D eigenvalue weighted by Crippen LogP contribution is 2.21. The Balaban J connectivity index is 3.09. The Hall–Kier alpha value is -2.54. The van der Waals surface area contributed by atoms with Gasteiger partial charge in [-0.05, 0) is 12.1 Å². The van der Waals surface area contributed by atoms with E-state index >= 15 is 0 Å². The number of carbonyl (C=O) groups excluding carboxylic acids is 1. The Morgan fingerprint density at radius 1 is 1.50 bits per heavy atom. The zero-order valence-corrected chi connectivity index (χ0v) is 10.1. The van der Waals surface area contributed by atoms with Gasteiger partial charge in [0.05, 0.1) is 7.11 Å². The largest absolute Gasteiger partial charge is 0.489 e. The van der Waals surface area contributed by atoms with Gasteiger partial charge in [-0.25, -0.2) is 4.79 Å². The van der Waals surface area contributed by atoms with Crippen molar-refractivity contribution in [2.24, 2.45) is 0 Å². The van der Waals surface area contributed by atoms with Crippen LogP contribution in [0.25, 0.3) is 6.08 Å². The van der Waals surface area contributed by atoms with E-state index in [-0.39, 0.29) is 5.57 Å². The minimum Gasteiger partial charge on any atom is -0.489 e. The molecule has 0 aliphatic carbocycles. The molecule has 0 fully saturated rings. The maximum Gasteiger partial charge on any atom is 0.348 e. The number of para-hydroxylation sites is 1. The fourth-order valence-electron chi connectivity index (χ4n) is 1.28. The number of carbonyl (C=O) groups is 1. The zero-order valence-electron chi connectivity index (χ0n) is 10.1. The smallest absolute Gasteiger partial charge is 0.348 e. The lowest BCUT2D eigenvalue weighted by Gasteiger charge is -2.07. The first-order chi connectivity index (χ1) is 8.72. The molecule has 0 N–H and O–H groups in total. The van der Waals surface area contributed by atoms with E-state index in [0.29, 0.717) is 17.9 Å². The van der Waals surface area contributed by atoms with E-state index < -0.39 is 5.97 Å². The topological polar surface area (TPSA) is 59.3 Å². The number of hydrogen-bond acceptors (Lipinski definition) is 4. The quantitative estimate of drug-likeness (QED) is 0.344. The second-order valence-electron chi connectivity index (χ2n) is 3.30. The summed E-state index contributed by atoms with van der Waals surface area (Å²) in [5.74, 6) is -0.0925. The Bertz CT molecular complexity index is 512. The molecule has 0 saturated heterocycles. The number of methoxy groups -OCH3 is 1. The van der Waals surface area contributed by atoms with Crippen molar-refractivity contribution in [1.29, 1.82) is 5.26 Å². The van der Waals surface area contributed by atoms with Gasteiger partial charge in [0.1, 0.15) is 24.0 Å². The predicted octanol–water partition coefficient (Wildman–Crippen LogP) is 2.33. The van der Waals surface area contributed by atoms with E-state index in [4.69, 9.17) is 10.00 Å². The monoisotopic (exact) mass is 243 g/mol. The van der Waals surface area contributed by atoms with Gasteiger partial charge in [0.15, 0.2) is 0 Å². The molecule has 0 amide bonds. The average Bonchev–Trinajstić information content (AvgIpc) is 2.42. The molecule has 0 aliphatic heterocycles. The summed E-state index contributed by atoms with van der Waals surface area (Å²) in [6, 6.07) is 8.89. The van der Waals surface area contributed by atoms with Gasteiger partial charge in [0.2, 0.25) is 0 Å². The van der Waals surface area contributed by atoms with Crippen LogP contribution in [-0.2, 0) is 9.53 Å². The molecule has 4 heteroatoms. The van der Waals surface area contributed by atoms with Crippen LogP contribution in [0.1, 0.15) is 5.56 Å². The molecular weight excluding hydrogens is 230 g/mol. The van der Waals surface area contributed by atoms with Gasteiger partial charge in [-0.2, -0.15) is 5.26 Å². The third kappa shape index (κ3) is 3.49. The van der Waals surface area contributed by atoms with Crippen LogP contribution in [0.3, 0.4) is 0 Å². The summed E-state index contributed by atoms with van der Waals surface area (Å²) in [5.41, 5.74) is 0.563. The van der Waals surface area contributed by atoms with Crippen molar-refractivity contribution in [3.63, 3.8) is 0 Å².